The molecule has 144 valence electrons. The molecule has 0 spiro atoms. The third kappa shape index (κ3) is 3.14. The molecule has 2 N–H and O–H groups in total. The maximum atomic E-state index is 13.7. The van der Waals surface area contributed by atoms with Crippen molar-refractivity contribution in [3.8, 4) is 5.75 Å². The molecule has 0 fully saturated rings. The van der Waals surface area contributed by atoms with Crippen LogP contribution in [0.3, 0.4) is 0 Å². The van der Waals surface area contributed by atoms with Crippen molar-refractivity contribution in [2.24, 2.45) is 0 Å². The number of amides is 1. The van der Waals surface area contributed by atoms with E-state index >= 15 is 0 Å². The predicted octanol–water partition coefficient (Wildman–Crippen LogP) is 5.01. The molecule has 5 rings (SSSR count). The first-order valence-corrected chi connectivity index (χ1v) is 9.53. The van der Waals surface area contributed by atoms with Crippen molar-refractivity contribution in [3.05, 3.63) is 95.4 Å². The summed E-state index contributed by atoms with van der Waals surface area (Å²) in [4.78, 5) is 12.5. The SMILES string of the molecule is O=C1C[C@@H](c2ccc(O)cc2)c2cn(Cc3cccc(F)c3)c3cccc(c23)N1. The van der Waals surface area contributed by atoms with Gasteiger partial charge in [-0.15, -0.1) is 0 Å². The van der Waals surface area contributed by atoms with Crippen molar-refractivity contribution in [1.29, 1.82) is 0 Å². The van der Waals surface area contributed by atoms with Gasteiger partial charge >= 0.3 is 0 Å². The van der Waals surface area contributed by atoms with Crippen LogP contribution in [0.15, 0.2) is 72.9 Å². The summed E-state index contributed by atoms with van der Waals surface area (Å²) in [6.45, 7) is 0.536. The lowest BCUT2D eigenvalue weighted by atomic mass is 9.88. The van der Waals surface area contributed by atoms with Gasteiger partial charge in [0.1, 0.15) is 11.6 Å². The molecule has 0 bridgehead atoms. The van der Waals surface area contributed by atoms with Gasteiger partial charge in [-0.1, -0.05) is 30.3 Å². The molecule has 4 aromatic rings. The van der Waals surface area contributed by atoms with Crippen molar-refractivity contribution < 1.29 is 14.3 Å². The van der Waals surface area contributed by atoms with Crippen LogP contribution in [-0.4, -0.2) is 15.6 Å². The van der Waals surface area contributed by atoms with Gasteiger partial charge in [-0.3, -0.25) is 4.79 Å². The van der Waals surface area contributed by atoms with Crippen molar-refractivity contribution in [1.82, 2.24) is 4.57 Å². The number of phenolic OH excluding ortho intramolecular Hbond substituents is 1. The number of nitrogens with one attached hydrogen (secondary N) is 1. The van der Waals surface area contributed by atoms with Crippen LogP contribution in [0.25, 0.3) is 10.9 Å². The Balaban J connectivity index is 1.68. The second-order valence-electron chi connectivity index (χ2n) is 7.44. The highest BCUT2D eigenvalue weighted by atomic mass is 19.1. The Hall–Kier alpha value is -3.60. The van der Waals surface area contributed by atoms with Gasteiger partial charge in [-0.2, -0.15) is 0 Å². The zero-order valence-electron chi connectivity index (χ0n) is 15.6. The highest BCUT2D eigenvalue weighted by Gasteiger charge is 2.27. The van der Waals surface area contributed by atoms with E-state index < -0.39 is 0 Å². The molecule has 5 heteroatoms. The minimum atomic E-state index is -0.254. The lowest BCUT2D eigenvalue weighted by molar-refractivity contribution is -0.116. The summed E-state index contributed by atoms with van der Waals surface area (Å²) in [5.41, 5.74) is 4.69. The summed E-state index contributed by atoms with van der Waals surface area (Å²) in [6, 6.07) is 19.5. The maximum absolute atomic E-state index is 13.7. The summed E-state index contributed by atoms with van der Waals surface area (Å²) >= 11 is 0. The third-order valence-corrected chi connectivity index (χ3v) is 5.51. The van der Waals surface area contributed by atoms with Crippen LogP contribution in [0, 0.1) is 5.82 Å². The number of halogens is 1. The van der Waals surface area contributed by atoms with Crippen molar-refractivity contribution in [2.75, 3.05) is 5.32 Å². The van der Waals surface area contributed by atoms with E-state index in [1.807, 2.05) is 36.4 Å². The number of aromatic hydroxyl groups is 1. The van der Waals surface area contributed by atoms with Crippen molar-refractivity contribution in [2.45, 2.75) is 18.9 Å². The lowest BCUT2D eigenvalue weighted by Gasteiger charge is -2.14. The van der Waals surface area contributed by atoms with Gasteiger partial charge in [0.05, 0.1) is 11.2 Å². The largest absolute Gasteiger partial charge is 0.508 e. The summed E-state index contributed by atoms with van der Waals surface area (Å²) in [6.07, 6.45) is 2.38. The minimum absolute atomic E-state index is 0.0385. The molecule has 1 amide bonds. The number of anilines is 1. The summed E-state index contributed by atoms with van der Waals surface area (Å²) < 4.78 is 15.8. The van der Waals surface area contributed by atoms with E-state index in [0.29, 0.717) is 13.0 Å². The molecule has 4 nitrogen and oxygen atoms in total. The van der Waals surface area contributed by atoms with E-state index in [2.05, 4.69) is 16.1 Å². The molecule has 2 heterocycles. The zero-order chi connectivity index (χ0) is 20.0. The molecule has 0 saturated carbocycles. The Bertz CT molecular complexity index is 1230. The highest BCUT2D eigenvalue weighted by Crippen LogP contribution is 2.41. The Morgan fingerprint density at radius 3 is 2.66 bits per heavy atom. The van der Waals surface area contributed by atoms with Gasteiger partial charge in [-0.05, 0) is 53.1 Å². The number of benzene rings is 3. The summed E-state index contributed by atoms with van der Waals surface area (Å²) in [7, 11) is 0. The molecule has 0 aliphatic carbocycles. The Morgan fingerprint density at radius 1 is 1.07 bits per heavy atom. The Morgan fingerprint density at radius 2 is 1.86 bits per heavy atom. The number of hydrogen-bond acceptors (Lipinski definition) is 2. The number of carbonyl (C=O) groups excluding carboxylic acids is 1. The molecule has 0 unspecified atom stereocenters. The van der Waals surface area contributed by atoms with E-state index in [1.165, 1.54) is 6.07 Å². The van der Waals surface area contributed by atoms with Crippen LogP contribution in [0.5, 0.6) is 5.75 Å². The normalized spacial score (nSPS) is 15.9. The van der Waals surface area contributed by atoms with Crippen LogP contribution < -0.4 is 5.32 Å². The van der Waals surface area contributed by atoms with Gasteiger partial charge in [0, 0.05) is 30.5 Å². The number of aromatic nitrogens is 1. The fourth-order valence-electron chi connectivity index (χ4n) is 4.22. The second kappa shape index (κ2) is 6.78. The predicted molar refractivity (Wildman–Crippen MR) is 111 cm³/mol. The molecule has 0 saturated heterocycles. The summed E-state index contributed by atoms with van der Waals surface area (Å²) in [5, 5.41) is 13.7. The van der Waals surface area contributed by atoms with Gasteiger partial charge in [0.15, 0.2) is 0 Å². The quantitative estimate of drug-likeness (QED) is 0.520. The van der Waals surface area contributed by atoms with E-state index in [4.69, 9.17) is 0 Å². The standard InChI is InChI=1S/C24H19FN2O2/c25-17-4-1-3-15(11-17)13-27-14-20-19(16-7-9-18(28)10-8-16)12-23(29)26-21-5-2-6-22(27)24(20)21/h1-11,14,19,28H,12-13H2,(H,26,29)/t19-/m0/s1. The van der Waals surface area contributed by atoms with Crippen LogP contribution in [0.4, 0.5) is 10.1 Å². The number of rotatable bonds is 3. The lowest BCUT2D eigenvalue weighted by Crippen LogP contribution is -2.13. The minimum Gasteiger partial charge on any atom is -0.508 e. The van der Waals surface area contributed by atoms with E-state index in [0.717, 1.165) is 33.3 Å². The molecule has 3 aromatic carbocycles. The first-order valence-electron chi connectivity index (χ1n) is 9.53. The molecular weight excluding hydrogens is 367 g/mol. The van der Waals surface area contributed by atoms with Gasteiger partial charge < -0.3 is 15.0 Å². The third-order valence-electron chi connectivity index (χ3n) is 5.51. The number of nitrogens with zero attached hydrogens (tertiary/aromatic N) is 1. The van der Waals surface area contributed by atoms with Crippen molar-refractivity contribution >= 4 is 22.5 Å². The van der Waals surface area contributed by atoms with Crippen molar-refractivity contribution in [3.63, 3.8) is 0 Å². The van der Waals surface area contributed by atoms with E-state index in [9.17, 15) is 14.3 Å². The average Bonchev–Trinajstić information content (AvgIpc) is 2.99. The van der Waals surface area contributed by atoms with Crippen LogP contribution in [0.1, 0.15) is 29.0 Å². The Kier molecular flexibility index (Phi) is 4.09. The van der Waals surface area contributed by atoms with Gasteiger partial charge in [-0.25, -0.2) is 4.39 Å². The monoisotopic (exact) mass is 386 g/mol. The highest BCUT2D eigenvalue weighted by molar-refractivity contribution is 6.06. The Labute approximate surface area is 167 Å². The average molecular weight is 386 g/mol. The summed E-state index contributed by atoms with van der Waals surface area (Å²) in [5.74, 6) is -0.227. The molecule has 1 aliphatic heterocycles. The van der Waals surface area contributed by atoms with Crippen LogP contribution >= 0.6 is 0 Å². The van der Waals surface area contributed by atoms with Gasteiger partial charge in [0.25, 0.3) is 0 Å². The fraction of sp³-hybridized carbons (Fsp3) is 0.125. The molecule has 1 aliphatic rings. The van der Waals surface area contributed by atoms with Gasteiger partial charge in [0.2, 0.25) is 5.91 Å². The van der Waals surface area contributed by atoms with Crippen LogP contribution in [-0.2, 0) is 11.3 Å². The molecule has 1 aromatic heterocycles. The molecule has 1 atom stereocenters. The number of phenols is 1. The van der Waals surface area contributed by atoms with E-state index in [1.54, 1.807) is 24.3 Å². The zero-order valence-corrected chi connectivity index (χ0v) is 15.6. The maximum Gasteiger partial charge on any atom is 0.225 e. The first-order chi connectivity index (χ1) is 14.1. The topological polar surface area (TPSA) is 54.3 Å². The number of hydrogen-bond donors (Lipinski definition) is 2. The first kappa shape index (κ1) is 17.5. The van der Waals surface area contributed by atoms with Crippen LogP contribution in [0.2, 0.25) is 0 Å². The second-order valence-corrected chi connectivity index (χ2v) is 7.44. The van der Waals surface area contributed by atoms with E-state index in [-0.39, 0.29) is 23.4 Å². The molecule has 0 radical (unpaired) electrons. The molecule has 29 heavy (non-hydrogen) atoms. The smallest absolute Gasteiger partial charge is 0.225 e. The number of carbonyl (C=O) groups is 1. The fourth-order valence-corrected chi connectivity index (χ4v) is 4.22. The molecular formula is C24H19FN2O2.